The molecule has 16 heavy (non-hydrogen) atoms. The number of amides is 1. The second-order valence-corrected chi connectivity index (χ2v) is 4.64. The van der Waals surface area contributed by atoms with E-state index in [1.54, 1.807) is 11.8 Å². The van der Waals surface area contributed by atoms with Crippen LogP contribution in [0.3, 0.4) is 0 Å². The number of anilines is 1. The molecular formula is C11H17N3OS. The van der Waals surface area contributed by atoms with Crippen LogP contribution in [-0.2, 0) is 4.79 Å². The molecule has 0 saturated heterocycles. The third kappa shape index (κ3) is 3.75. The lowest BCUT2D eigenvalue weighted by molar-refractivity contribution is -0.121. The lowest BCUT2D eigenvalue weighted by Crippen LogP contribution is -2.29. The molecule has 0 aliphatic rings. The van der Waals surface area contributed by atoms with Gasteiger partial charge in [0.25, 0.3) is 0 Å². The third-order valence-corrected chi connectivity index (χ3v) is 3.41. The lowest BCUT2D eigenvalue weighted by atomic mass is 10.2. The van der Waals surface area contributed by atoms with Gasteiger partial charge in [0.15, 0.2) is 0 Å². The summed E-state index contributed by atoms with van der Waals surface area (Å²) in [6.45, 7) is 1.99. The molecule has 0 atom stereocenters. The standard InChI is InChI=1S/C11H17N3OS/c1-8-4-2-5-9(11(8)12)16-7-3-6-10(15)14-13/h2,4-5H,3,6-7,12-13H2,1H3,(H,14,15). The number of hydrogen-bond donors (Lipinski definition) is 3. The molecule has 0 saturated carbocycles. The summed E-state index contributed by atoms with van der Waals surface area (Å²) in [5.74, 6) is 5.72. The van der Waals surface area contributed by atoms with Gasteiger partial charge in [-0.3, -0.25) is 10.2 Å². The first-order valence-corrected chi connectivity index (χ1v) is 6.11. The molecule has 1 rings (SSSR count). The zero-order valence-electron chi connectivity index (χ0n) is 9.32. The molecule has 0 aliphatic carbocycles. The highest BCUT2D eigenvalue weighted by Gasteiger charge is 2.03. The Bertz CT molecular complexity index is 368. The number of hydrazine groups is 1. The molecular weight excluding hydrogens is 222 g/mol. The normalized spacial score (nSPS) is 10.1. The van der Waals surface area contributed by atoms with Crippen LogP contribution in [0.1, 0.15) is 18.4 Å². The van der Waals surface area contributed by atoms with E-state index in [1.165, 1.54) is 0 Å². The van der Waals surface area contributed by atoms with Gasteiger partial charge in [-0.05, 0) is 30.7 Å². The predicted octanol–water partition coefficient (Wildman–Crippen LogP) is 1.44. The van der Waals surface area contributed by atoms with Gasteiger partial charge < -0.3 is 5.73 Å². The van der Waals surface area contributed by atoms with E-state index in [2.05, 4.69) is 5.43 Å². The van der Waals surface area contributed by atoms with E-state index >= 15 is 0 Å². The Kier molecular flexibility index (Phi) is 5.14. The van der Waals surface area contributed by atoms with Crippen LogP contribution < -0.4 is 17.0 Å². The Morgan fingerprint density at radius 2 is 2.25 bits per heavy atom. The molecule has 0 aliphatic heterocycles. The molecule has 1 amide bonds. The van der Waals surface area contributed by atoms with Crippen molar-refractivity contribution in [3.05, 3.63) is 23.8 Å². The topological polar surface area (TPSA) is 81.1 Å². The highest BCUT2D eigenvalue weighted by molar-refractivity contribution is 7.99. The van der Waals surface area contributed by atoms with E-state index in [4.69, 9.17) is 11.6 Å². The Hall–Kier alpha value is -1.20. The van der Waals surface area contributed by atoms with Crippen LogP contribution >= 0.6 is 11.8 Å². The summed E-state index contributed by atoms with van der Waals surface area (Å²) in [7, 11) is 0. The van der Waals surface area contributed by atoms with Gasteiger partial charge in [-0.2, -0.15) is 0 Å². The zero-order chi connectivity index (χ0) is 12.0. The van der Waals surface area contributed by atoms with Crippen molar-refractivity contribution >= 4 is 23.4 Å². The lowest BCUT2D eigenvalue weighted by Gasteiger charge is -2.07. The minimum Gasteiger partial charge on any atom is -0.398 e. The molecule has 0 spiro atoms. The van der Waals surface area contributed by atoms with Gasteiger partial charge in [-0.1, -0.05) is 12.1 Å². The highest BCUT2D eigenvalue weighted by Crippen LogP contribution is 2.27. The Labute approximate surface area is 99.7 Å². The minimum absolute atomic E-state index is 0.127. The summed E-state index contributed by atoms with van der Waals surface area (Å²) < 4.78 is 0. The Balaban J connectivity index is 2.38. The maximum absolute atomic E-state index is 10.9. The molecule has 0 heterocycles. The van der Waals surface area contributed by atoms with Crippen LogP contribution in [0.15, 0.2) is 23.1 Å². The fourth-order valence-electron chi connectivity index (χ4n) is 1.27. The maximum atomic E-state index is 10.9. The van der Waals surface area contributed by atoms with Crippen LogP contribution in [0.2, 0.25) is 0 Å². The summed E-state index contributed by atoms with van der Waals surface area (Å²) in [6, 6.07) is 5.97. The van der Waals surface area contributed by atoms with Gasteiger partial charge >= 0.3 is 0 Å². The fraction of sp³-hybridized carbons (Fsp3) is 0.364. The van der Waals surface area contributed by atoms with E-state index in [-0.39, 0.29) is 5.91 Å². The van der Waals surface area contributed by atoms with Crippen molar-refractivity contribution in [2.75, 3.05) is 11.5 Å². The van der Waals surface area contributed by atoms with Gasteiger partial charge in [0.05, 0.1) is 0 Å². The van der Waals surface area contributed by atoms with E-state index in [0.29, 0.717) is 6.42 Å². The molecule has 0 unspecified atom stereocenters. The molecule has 4 nitrogen and oxygen atoms in total. The first-order valence-electron chi connectivity index (χ1n) is 5.12. The number of nitrogens with two attached hydrogens (primary N) is 2. The van der Waals surface area contributed by atoms with E-state index in [9.17, 15) is 4.79 Å². The quantitative estimate of drug-likeness (QED) is 0.181. The van der Waals surface area contributed by atoms with Crippen molar-refractivity contribution < 1.29 is 4.79 Å². The summed E-state index contributed by atoms with van der Waals surface area (Å²) >= 11 is 1.67. The second kappa shape index (κ2) is 6.40. The molecule has 5 N–H and O–H groups in total. The van der Waals surface area contributed by atoms with E-state index in [0.717, 1.165) is 28.3 Å². The molecule has 0 fully saturated rings. The van der Waals surface area contributed by atoms with Gasteiger partial charge in [0.1, 0.15) is 0 Å². The fourth-order valence-corrected chi connectivity index (χ4v) is 2.27. The van der Waals surface area contributed by atoms with Gasteiger partial charge in [-0.15, -0.1) is 11.8 Å². The van der Waals surface area contributed by atoms with E-state index < -0.39 is 0 Å². The minimum atomic E-state index is -0.127. The number of nitrogens with one attached hydrogen (secondary N) is 1. The van der Waals surface area contributed by atoms with Crippen LogP contribution in [0, 0.1) is 6.92 Å². The smallest absolute Gasteiger partial charge is 0.233 e. The van der Waals surface area contributed by atoms with Crippen molar-refractivity contribution in [3.63, 3.8) is 0 Å². The number of hydrogen-bond acceptors (Lipinski definition) is 4. The number of carbonyl (C=O) groups excluding carboxylic acids is 1. The summed E-state index contributed by atoms with van der Waals surface area (Å²) in [5, 5.41) is 0. The zero-order valence-corrected chi connectivity index (χ0v) is 10.1. The second-order valence-electron chi connectivity index (χ2n) is 3.51. The van der Waals surface area contributed by atoms with Gasteiger partial charge in [0, 0.05) is 17.0 Å². The van der Waals surface area contributed by atoms with Crippen LogP contribution in [-0.4, -0.2) is 11.7 Å². The number of benzene rings is 1. The predicted molar refractivity (Wildman–Crippen MR) is 67.9 cm³/mol. The summed E-state index contributed by atoms with van der Waals surface area (Å²) in [5.41, 5.74) is 9.96. The first kappa shape index (κ1) is 12.9. The summed E-state index contributed by atoms with van der Waals surface area (Å²) in [4.78, 5) is 12.0. The highest BCUT2D eigenvalue weighted by atomic mass is 32.2. The van der Waals surface area contributed by atoms with Crippen LogP contribution in [0.25, 0.3) is 0 Å². The summed E-state index contributed by atoms with van der Waals surface area (Å²) in [6.07, 6.45) is 1.25. The van der Waals surface area contributed by atoms with Crippen molar-refractivity contribution in [3.8, 4) is 0 Å². The van der Waals surface area contributed by atoms with Crippen molar-refractivity contribution in [2.24, 2.45) is 5.84 Å². The molecule has 88 valence electrons. The number of nitrogen functional groups attached to an aromatic ring is 1. The average molecular weight is 239 g/mol. The van der Waals surface area contributed by atoms with Crippen molar-refractivity contribution in [1.29, 1.82) is 0 Å². The average Bonchev–Trinajstić information content (AvgIpc) is 2.29. The SMILES string of the molecule is Cc1cccc(SCCCC(=O)NN)c1N. The number of carbonyl (C=O) groups is 1. The van der Waals surface area contributed by atoms with Crippen LogP contribution in [0.4, 0.5) is 5.69 Å². The molecule has 1 aromatic carbocycles. The largest absolute Gasteiger partial charge is 0.398 e. The maximum Gasteiger partial charge on any atom is 0.233 e. The van der Waals surface area contributed by atoms with Crippen molar-refractivity contribution in [2.45, 2.75) is 24.7 Å². The first-order chi connectivity index (χ1) is 7.65. The molecule has 5 heteroatoms. The molecule has 0 bridgehead atoms. The van der Waals surface area contributed by atoms with E-state index in [1.807, 2.05) is 25.1 Å². The van der Waals surface area contributed by atoms with Gasteiger partial charge in [0.2, 0.25) is 5.91 Å². The molecule has 1 aromatic rings. The number of aryl methyl sites for hydroxylation is 1. The number of para-hydroxylation sites is 1. The Morgan fingerprint density at radius 3 is 2.94 bits per heavy atom. The van der Waals surface area contributed by atoms with Gasteiger partial charge in [-0.25, -0.2) is 5.84 Å². The third-order valence-electron chi connectivity index (χ3n) is 2.25. The number of rotatable bonds is 5. The molecule has 0 radical (unpaired) electrons. The monoisotopic (exact) mass is 239 g/mol. The van der Waals surface area contributed by atoms with Crippen molar-refractivity contribution in [1.82, 2.24) is 5.43 Å². The Morgan fingerprint density at radius 1 is 1.50 bits per heavy atom. The van der Waals surface area contributed by atoms with Crippen LogP contribution in [0.5, 0.6) is 0 Å². The molecule has 0 aromatic heterocycles. The number of thioether (sulfide) groups is 1.